The maximum absolute atomic E-state index is 11.3. The van der Waals surface area contributed by atoms with Gasteiger partial charge in [0.1, 0.15) is 6.04 Å². The third-order valence-electron chi connectivity index (χ3n) is 4.25. The standard InChI is InChI=1S/C14H25NO3/c1-2-5-12-10-11(7-9-18-12)15-8-4-3-6-13(15)14(16)17/h11-13H,2-10H2,1H3,(H,16,17). The lowest BCUT2D eigenvalue weighted by Crippen LogP contribution is -2.52. The normalized spacial score (nSPS) is 34.4. The summed E-state index contributed by atoms with van der Waals surface area (Å²) in [5.41, 5.74) is 0. The zero-order valence-electron chi connectivity index (χ0n) is 11.3. The van der Waals surface area contributed by atoms with Crippen molar-refractivity contribution >= 4 is 5.97 Å². The molecule has 0 radical (unpaired) electrons. The van der Waals surface area contributed by atoms with Gasteiger partial charge in [0.2, 0.25) is 0 Å². The number of nitrogens with zero attached hydrogens (tertiary/aromatic N) is 1. The second-order valence-corrected chi connectivity index (χ2v) is 5.55. The lowest BCUT2D eigenvalue weighted by atomic mass is 9.93. The zero-order valence-corrected chi connectivity index (χ0v) is 11.3. The zero-order chi connectivity index (χ0) is 13.0. The van der Waals surface area contributed by atoms with Crippen molar-refractivity contribution < 1.29 is 14.6 Å². The van der Waals surface area contributed by atoms with Crippen LogP contribution in [-0.2, 0) is 9.53 Å². The first-order chi connectivity index (χ1) is 8.72. The molecule has 0 bridgehead atoms. The van der Waals surface area contributed by atoms with Gasteiger partial charge in [-0.2, -0.15) is 0 Å². The third kappa shape index (κ3) is 3.23. The van der Waals surface area contributed by atoms with Gasteiger partial charge in [0.15, 0.2) is 0 Å². The highest BCUT2D eigenvalue weighted by Gasteiger charge is 2.35. The van der Waals surface area contributed by atoms with Crippen molar-refractivity contribution in [2.24, 2.45) is 0 Å². The molecule has 2 fully saturated rings. The van der Waals surface area contributed by atoms with Crippen LogP contribution in [0.25, 0.3) is 0 Å². The fourth-order valence-electron chi connectivity index (χ4n) is 3.34. The summed E-state index contributed by atoms with van der Waals surface area (Å²) >= 11 is 0. The van der Waals surface area contributed by atoms with Crippen molar-refractivity contribution in [3.05, 3.63) is 0 Å². The van der Waals surface area contributed by atoms with Gasteiger partial charge in [0.25, 0.3) is 0 Å². The van der Waals surface area contributed by atoms with Gasteiger partial charge in [-0.15, -0.1) is 0 Å². The average Bonchev–Trinajstić information content (AvgIpc) is 2.39. The Labute approximate surface area is 109 Å². The number of likely N-dealkylation sites (tertiary alicyclic amines) is 1. The minimum Gasteiger partial charge on any atom is -0.480 e. The van der Waals surface area contributed by atoms with E-state index in [9.17, 15) is 9.90 Å². The molecule has 2 saturated heterocycles. The predicted octanol–water partition coefficient (Wildman–Crippen LogP) is 2.27. The number of carboxylic acid groups (broad SMARTS) is 1. The van der Waals surface area contributed by atoms with Crippen LogP contribution >= 0.6 is 0 Å². The van der Waals surface area contributed by atoms with Crippen molar-refractivity contribution in [1.82, 2.24) is 4.90 Å². The molecule has 0 amide bonds. The molecule has 0 aliphatic carbocycles. The van der Waals surface area contributed by atoms with E-state index in [1.165, 1.54) is 0 Å². The van der Waals surface area contributed by atoms with Gasteiger partial charge in [-0.1, -0.05) is 19.8 Å². The van der Waals surface area contributed by atoms with Gasteiger partial charge in [0, 0.05) is 12.6 Å². The average molecular weight is 255 g/mol. The van der Waals surface area contributed by atoms with Crippen molar-refractivity contribution in [2.45, 2.75) is 70.1 Å². The number of piperidine rings is 1. The summed E-state index contributed by atoms with van der Waals surface area (Å²) in [6.07, 6.45) is 7.58. The number of carboxylic acids is 1. The van der Waals surface area contributed by atoms with Crippen LogP contribution in [0.3, 0.4) is 0 Å². The molecule has 2 aliphatic rings. The van der Waals surface area contributed by atoms with Gasteiger partial charge in [-0.3, -0.25) is 9.69 Å². The molecule has 1 N–H and O–H groups in total. The molecule has 0 aromatic carbocycles. The van der Waals surface area contributed by atoms with Crippen LogP contribution in [0.4, 0.5) is 0 Å². The third-order valence-corrected chi connectivity index (χ3v) is 4.25. The van der Waals surface area contributed by atoms with E-state index in [4.69, 9.17) is 4.74 Å². The molecule has 18 heavy (non-hydrogen) atoms. The van der Waals surface area contributed by atoms with E-state index in [-0.39, 0.29) is 6.04 Å². The van der Waals surface area contributed by atoms with Gasteiger partial charge >= 0.3 is 5.97 Å². The Morgan fingerprint density at radius 2 is 2.22 bits per heavy atom. The Morgan fingerprint density at radius 1 is 1.39 bits per heavy atom. The molecule has 3 unspecified atom stereocenters. The summed E-state index contributed by atoms with van der Waals surface area (Å²) in [4.78, 5) is 13.6. The molecule has 2 aliphatic heterocycles. The lowest BCUT2D eigenvalue weighted by molar-refractivity contribution is -0.147. The number of ether oxygens (including phenoxy) is 1. The smallest absolute Gasteiger partial charge is 0.320 e. The van der Waals surface area contributed by atoms with Crippen LogP contribution < -0.4 is 0 Å². The van der Waals surface area contributed by atoms with Crippen molar-refractivity contribution in [1.29, 1.82) is 0 Å². The molecule has 0 saturated carbocycles. The van der Waals surface area contributed by atoms with Gasteiger partial charge in [-0.25, -0.2) is 0 Å². The monoisotopic (exact) mass is 255 g/mol. The Hall–Kier alpha value is -0.610. The molecular formula is C14H25NO3. The number of aliphatic carboxylic acids is 1. The molecule has 3 atom stereocenters. The first-order valence-corrected chi connectivity index (χ1v) is 7.32. The van der Waals surface area contributed by atoms with Crippen molar-refractivity contribution in [3.63, 3.8) is 0 Å². The minimum atomic E-state index is -0.645. The highest BCUT2D eigenvalue weighted by Crippen LogP contribution is 2.28. The highest BCUT2D eigenvalue weighted by molar-refractivity contribution is 5.73. The van der Waals surface area contributed by atoms with E-state index in [2.05, 4.69) is 11.8 Å². The topological polar surface area (TPSA) is 49.8 Å². The van der Waals surface area contributed by atoms with Crippen LogP contribution in [0.15, 0.2) is 0 Å². The van der Waals surface area contributed by atoms with Gasteiger partial charge in [-0.05, 0) is 38.6 Å². The first kappa shape index (κ1) is 13.8. The minimum absolute atomic E-state index is 0.260. The Bertz CT molecular complexity index is 280. The molecule has 2 heterocycles. The largest absolute Gasteiger partial charge is 0.480 e. The number of hydrogen-bond acceptors (Lipinski definition) is 3. The molecule has 4 nitrogen and oxygen atoms in total. The number of hydrogen-bond donors (Lipinski definition) is 1. The predicted molar refractivity (Wildman–Crippen MR) is 69.7 cm³/mol. The summed E-state index contributed by atoms with van der Waals surface area (Å²) in [5.74, 6) is -0.645. The van der Waals surface area contributed by atoms with Crippen LogP contribution in [-0.4, -0.2) is 47.3 Å². The molecule has 0 aromatic rings. The molecule has 104 valence electrons. The Balaban J connectivity index is 1.97. The van der Waals surface area contributed by atoms with E-state index >= 15 is 0 Å². The van der Waals surface area contributed by atoms with Crippen molar-refractivity contribution in [3.8, 4) is 0 Å². The number of carbonyl (C=O) groups is 1. The van der Waals surface area contributed by atoms with Crippen LogP contribution in [0.2, 0.25) is 0 Å². The summed E-state index contributed by atoms with van der Waals surface area (Å²) in [5, 5.41) is 9.34. The molecule has 4 heteroatoms. The fourth-order valence-corrected chi connectivity index (χ4v) is 3.34. The second-order valence-electron chi connectivity index (χ2n) is 5.55. The maximum Gasteiger partial charge on any atom is 0.320 e. The molecular weight excluding hydrogens is 230 g/mol. The van der Waals surface area contributed by atoms with E-state index in [0.717, 1.165) is 58.1 Å². The van der Waals surface area contributed by atoms with E-state index in [1.807, 2.05) is 0 Å². The molecule has 0 spiro atoms. The Morgan fingerprint density at radius 3 is 2.94 bits per heavy atom. The van der Waals surface area contributed by atoms with Gasteiger partial charge < -0.3 is 9.84 Å². The van der Waals surface area contributed by atoms with Crippen LogP contribution in [0.5, 0.6) is 0 Å². The Kier molecular flexibility index (Phi) is 5.01. The summed E-state index contributed by atoms with van der Waals surface area (Å²) < 4.78 is 5.76. The fraction of sp³-hybridized carbons (Fsp3) is 0.929. The van der Waals surface area contributed by atoms with E-state index in [0.29, 0.717) is 12.1 Å². The first-order valence-electron chi connectivity index (χ1n) is 7.32. The SMILES string of the molecule is CCCC1CC(N2CCCCC2C(=O)O)CCO1. The van der Waals surface area contributed by atoms with E-state index in [1.54, 1.807) is 0 Å². The highest BCUT2D eigenvalue weighted by atomic mass is 16.5. The molecule has 0 aromatic heterocycles. The quantitative estimate of drug-likeness (QED) is 0.837. The lowest BCUT2D eigenvalue weighted by Gasteiger charge is -2.42. The van der Waals surface area contributed by atoms with E-state index < -0.39 is 5.97 Å². The second kappa shape index (κ2) is 6.53. The van der Waals surface area contributed by atoms with Crippen LogP contribution in [0.1, 0.15) is 51.9 Å². The van der Waals surface area contributed by atoms with Crippen LogP contribution in [0, 0.1) is 0 Å². The number of rotatable bonds is 4. The molecule has 2 rings (SSSR count). The summed E-state index contributed by atoms with van der Waals surface area (Å²) in [6.45, 7) is 3.91. The summed E-state index contributed by atoms with van der Waals surface area (Å²) in [6, 6.07) is 0.154. The van der Waals surface area contributed by atoms with Gasteiger partial charge in [0.05, 0.1) is 6.10 Å². The maximum atomic E-state index is 11.3. The summed E-state index contributed by atoms with van der Waals surface area (Å²) in [7, 11) is 0. The van der Waals surface area contributed by atoms with Crippen molar-refractivity contribution in [2.75, 3.05) is 13.2 Å².